The Labute approximate surface area is 106 Å². The van der Waals surface area contributed by atoms with Crippen LogP contribution < -0.4 is 0 Å². The number of hydrogen-bond acceptors (Lipinski definition) is 3. The molecule has 94 valence electrons. The molecule has 0 aromatic heterocycles. The number of piperazine rings is 1. The van der Waals surface area contributed by atoms with E-state index in [4.69, 9.17) is 0 Å². The zero-order valence-electron chi connectivity index (χ0n) is 10.7. The van der Waals surface area contributed by atoms with Gasteiger partial charge in [-0.2, -0.15) is 12.6 Å². The highest BCUT2D eigenvalue weighted by atomic mass is 32.1. The van der Waals surface area contributed by atoms with Gasteiger partial charge in [-0.3, -0.25) is 9.80 Å². The third kappa shape index (κ3) is 2.93. The molecule has 0 aromatic rings. The molecule has 0 saturated carbocycles. The molecule has 2 fully saturated rings. The van der Waals surface area contributed by atoms with E-state index < -0.39 is 0 Å². The molecule has 0 radical (unpaired) electrons. The zero-order valence-corrected chi connectivity index (χ0v) is 11.6. The molecule has 2 aliphatic heterocycles. The maximum atomic E-state index is 4.40. The van der Waals surface area contributed by atoms with Crippen molar-refractivity contribution in [2.45, 2.75) is 45.2 Å². The Morgan fingerprint density at radius 2 is 2.12 bits per heavy atom. The lowest BCUT2D eigenvalue weighted by Crippen LogP contribution is -2.59. The molecule has 2 heterocycles. The maximum Gasteiger partial charge on any atom is 0.0223 e. The third-order valence-corrected chi connectivity index (χ3v) is 4.80. The van der Waals surface area contributed by atoms with Gasteiger partial charge < -0.3 is 0 Å². The Kier molecular flexibility index (Phi) is 4.57. The van der Waals surface area contributed by atoms with Crippen molar-refractivity contribution in [3.8, 4) is 0 Å². The Morgan fingerprint density at radius 1 is 1.31 bits per heavy atom. The van der Waals surface area contributed by atoms with Gasteiger partial charge in [0.05, 0.1) is 0 Å². The SMILES string of the molecule is CC(CS)CN1CC2CCCCN2CC1C. The number of piperidine rings is 1. The van der Waals surface area contributed by atoms with E-state index in [1.54, 1.807) is 0 Å². The highest BCUT2D eigenvalue weighted by molar-refractivity contribution is 7.80. The van der Waals surface area contributed by atoms with Gasteiger partial charge in [0.25, 0.3) is 0 Å². The summed E-state index contributed by atoms with van der Waals surface area (Å²) in [7, 11) is 0. The zero-order chi connectivity index (χ0) is 11.5. The monoisotopic (exact) mass is 242 g/mol. The van der Waals surface area contributed by atoms with Gasteiger partial charge in [0, 0.05) is 31.7 Å². The number of fused-ring (bicyclic) bond motifs is 1. The minimum Gasteiger partial charge on any atom is -0.298 e. The summed E-state index contributed by atoms with van der Waals surface area (Å²) < 4.78 is 0. The molecular formula is C13H26N2S. The molecule has 0 spiro atoms. The molecule has 0 aromatic carbocycles. The summed E-state index contributed by atoms with van der Waals surface area (Å²) in [6.07, 6.45) is 4.26. The molecule has 16 heavy (non-hydrogen) atoms. The molecule has 0 amide bonds. The van der Waals surface area contributed by atoms with Crippen LogP contribution in [0.15, 0.2) is 0 Å². The maximum absolute atomic E-state index is 4.40. The van der Waals surface area contributed by atoms with Crippen molar-refractivity contribution in [2.24, 2.45) is 5.92 Å². The van der Waals surface area contributed by atoms with Crippen LogP contribution in [0.25, 0.3) is 0 Å². The van der Waals surface area contributed by atoms with Gasteiger partial charge in [-0.1, -0.05) is 13.3 Å². The van der Waals surface area contributed by atoms with E-state index in [0.29, 0.717) is 0 Å². The summed E-state index contributed by atoms with van der Waals surface area (Å²) >= 11 is 4.40. The van der Waals surface area contributed by atoms with Crippen molar-refractivity contribution in [3.05, 3.63) is 0 Å². The lowest BCUT2D eigenvalue weighted by atomic mass is 9.96. The van der Waals surface area contributed by atoms with E-state index in [2.05, 4.69) is 36.3 Å². The fraction of sp³-hybridized carbons (Fsp3) is 1.00. The standard InChI is InChI=1S/C13H26N2S/c1-11(10-16)7-15-9-13-5-3-4-6-14(13)8-12(15)2/h11-13,16H,3-10H2,1-2H3. The minimum absolute atomic E-state index is 0.723. The molecule has 3 atom stereocenters. The average Bonchev–Trinajstić information content (AvgIpc) is 2.30. The van der Waals surface area contributed by atoms with Crippen LogP contribution in [0.4, 0.5) is 0 Å². The Morgan fingerprint density at radius 3 is 2.88 bits per heavy atom. The molecule has 3 heteroatoms. The molecule has 3 unspecified atom stereocenters. The van der Waals surface area contributed by atoms with Crippen LogP contribution in [0.3, 0.4) is 0 Å². The fourth-order valence-corrected chi connectivity index (χ4v) is 3.24. The fourth-order valence-electron chi connectivity index (χ4n) is 3.13. The smallest absolute Gasteiger partial charge is 0.0223 e. The molecule has 2 saturated heterocycles. The molecular weight excluding hydrogens is 216 g/mol. The normalized spacial score (nSPS) is 34.7. The first-order valence-electron chi connectivity index (χ1n) is 6.79. The van der Waals surface area contributed by atoms with Gasteiger partial charge >= 0.3 is 0 Å². The Hall–Kier alpha value is 0.270. The molecule has 0 N–H and O–H groups in total. The van der Waals surface area contributed by atoms with Crippen LogP contribution in [0, 0.1) is 5.92 Å². The highest BCUT2D eigenvalue weighted by Crippen LogP contribution is 2.24. The van der Waals surface area contributed by atoms with Crippen molar-refractivity contribution < 1.29 is 0 Å². The quantitative estimate of drug-likeness (QED) is 0.757. The van der Waals surface area contributed by atoms with E-state index in [1.807, 2.05) is 0 Å². The van der Waals surface area contributed by atoms with E-state index in [1.165, 1.54) is 45.4 Å². The molecule has 0 bridgehead atoms. The van der Waals surface area contributed by atoms with Gasteiger partial charge in [-0.25, -0.2) is 0 Å². The second kappa shape index (κ2) is 5.74. The van der Waals surface area contributed by atoms with Crippen LogP contribution in [-0.2, 0) is 0 Å². The van der Waals surface area contributed by atoms with Crippen LogP contribution in [-0.4, -0.2) is 53.8 Å². The molecule has 0 aliphatic carbocycles. The first-order valence-corrected chi connectivity index (χ1v) is 7.43. The summed E-state index contributed by atoms with van der Waals surface area (Å²) in [4.78, 5) is 5.41. The van der Waals surface area contributed by atoms with Gasteiger partial charge in [-0.15, -0.1) is 0 Å². The van der Waals surface area contributed by atoms with Gasteiger partial charge in [0.2, 0.25) is 0 Å². The minimum atomic E-state index is 0.723. The van der Waals surface area contributed by atoms with Gasteiger partial charge in [0.1, 0.15) is 0 Å². The number of rotatable bonds is 3. The van der Waals surface area contributed by atoms with Crippen molar-refractivity contribution in [3.63, 3.8) is 0 Å². The number of nitrogens with zero attached hydrogens (tertiary/aromatic N) is 2. The molecule has 2 rings (SSSR count). The Bertz CT molecular complexity index is 222. The van der Waals surface area contributed by atoms with Crippen LogP contribution in [0.1, 0.15) is 33.1 Å². The summed E-state index contributed by atoms with van der Waals surface area (Å²) in [5.41, 5.74) is 0. The highest BCUT2D eigenvalue weighted by Gasteiger charge is 2.32. The molecule has 2 nitrogen and oxygen atoms in total. The summed E-state index contributed by atoms with van der Waals surface area (Å²) in [6.45, 7) is 9.84. The van der Waals surface area contributed by atoms with E-state index in [0.717, 1.165) is 23.8 Å². The van der Waals surface area contributed by atoms with Crippen molar-refractivity contribution in [1.82, 2.24) is 9.80 Å². The second-order valence-corrected chi connectivity index (χ2v) is 6.10. The average molecular weight is 242 g/mol. The van der Waals surface area contributed by atoms with E-state index in [9.17, 15) is 0 Å². The largest absolute Gasteiger partial charge is 0.298 e. The van der Waals surface area contributed by atoms with Gasteiger partial charge in [-0.05, 0) is 38.0 Å². The predicted molar refractivity (Wildman–Crippen MR) is 73.3 cm³/mol. The number of hydrogen-bond donors (Lipinski definition) is 1. The topological polar surface area (TPSA) is 6.48 Å². The molecule has 2 aliphatic rings. The number of thiol groups is 1. The second-order valence-electron chi connectivity index (χ2n) is 5.74. The predicted octanol–water partition coefficient (Wildman–Crippen LogP) is 2.11. The lowest BCUT2D eigenvalue weighted by molar-refractivity contribution is 0.0103. The summed E-state index contributed by atoms with van der Waals surface area (Å²) in [5, 5.41) is 0. The first-order chi connectivity index (χ1) is 7.70. The van der Waals surface area contributed by atoms with Crippen LogP contribution in [0.5, 0.6) is 0 Å². The third-order valence-electron chi connectivity index (χ3n) is 4.17. The van der Waals surface area contributed by atoms with Crippen LogP contribution in [0.2, 0.25) is 0 Å². The summed E-state index contributed by atoms with van der Waals surface area (Å²) in [5.74, 6) is 1.73. The van der Waals surface area contributed by atoms with Crippen LogP contribution >= 0.6 is 12.6 Å². The van der Waals surface area contributed by atoms with Gasteiger partial charge in [0.15, 0.2) is 0 Å². The van der Waals surface area contributed by atoms with Crippen molar-refractivity contribution in [1.29, 1.82) is 0 Å². The van der Waals surface area contributed by atoms with Crippen molar-refractivity contribution in [2.75, 3.05) is 31.9 Å². The van der Waals surface area contributed by atoms with E-state index >= 15 is 0 Å². The summed E-state index contributed by atoms with van der Waals surface area (Å²) in [6, 6.07) is 1.58. The lowest BCUT2D eigenvalue weighted by Gasteiger charge is -2.48. The first kappa shape index (κ1) is 12.7. The van der Waals surface area contributed by atoms with Crippen molar-refractivity contribution >= 4 is 12.6 Å². The van der Waals surface area contributed by atoms with E-state index in [-0.39, 0.29) is 0 Å². The Balaban J connectivity index is 1.90.